The second-order valence-corrected chi connectivity index (χ2v) is 6.26. The van der Waals surface area contributed by atoms with Gasteiger partial charge in [0, 0.05) is 28.7 Å². The van der Waals surface area contributed by atoms with E-state index in [1.54, 1.807) is 6.21 Å². The topological polar surface area (TPSA) is 25.5 Å². The van der Waals surface area contributed by atoms with Gasteiger partial charge in [-0.1, -0.05) is 26.0 Å². The van der Waals surface area contributed by atoms with Gasteiger partial charge in [0.05, 0.1) is 16.4 Å². The van der Waals surface area contributed by atoms with Gasteiger partial charge in [-0.25, -0.2) is 0 Å². The number of rotatable bonds is 4. The lowest BCUT2D eigenvalue weighted by atomic mass is 9.99. The Bertz CT molecular complexity index is 555. The Hall–Kier alpha value is -0.620. The number of aliphatic imine (C=N–C) groups is 1. The molecule has 0 saturated carbocycles. The van der Waals surface area contributed by atoms with Crippen molar-refractivity contribution < 1.29 is 4.42 Å². The van der Waals surface area contributed by atoms with E-state index in [1.165, 1.54) is 5.56 Å². The molecule has 0 bridgehead atoms. The number of halogens is 2. The molecule has 2 rings (SSSR count). The first-order valence-electron chi connectivity index (χ1n) is 6.19. The molecule has 19 heavy (non-hydrogen) atoms. The molecule has 2 aromatic rings. The summed E-state index contributed by atoms with van der Waals surface area (Å²) in [5.41, 5.74) is 2.30. The van der Waals surface area contributed by atoms with E-state index < -0.39 is 0 Å². The second-order valence-electron chi connectivity index (χ2n) is 4.43. The number of furan rings is 1. The third-order valence-corrected chi connectivity index (χ3v) is 5.21. The molecule has 0 aliphatic rings. The highest BCUT2D eigenvalue weighted by Gasteiger charge is 2.04. The maximum absolute atomic E-state index is 5.51. The zero-order valence-electron chi connectivity index (χ0n) is 10.9. The highest BCUT2D eigenvalue weighted by Crippen LogP contribution is 2.24. The van der Waals surface area contributed by atoms with Gasteiger partial charge in [-0.15, -0.1) is 0 Å². The van der Waals surface area contributed by atoms with Crippen molar-refractivity contribution >= 4 is 50.4 Å². The van der Waals surface area contributed by atoms with Gasteiger partial charge in [0.15, 0.2) is 3.77 Å². The summed E-state index contributed by atoms with van der Waals surface area (Å²) in [5, 5.41) is 0. The average Bonchev–Trinajstić information content (AvgIpc) is 2.75. The monoisotopic (exact) mass is 431 g/mol. The highest BCUT2D eigenvalue weighted by atomic mass is 127. The van der Waals surface area contributed by atoms with Crippen LogP contribution in [0.1, 0.15) is 37.5 Å². The molecule has 2 nitrogen and oxygen atoms in total. The maximum atomic E-state index is 5.51. The van der Waals surface area contributed by atoms with E-state index in [9.17, 15) is 0 Å². The van der Waals surface area contributed by atoms with Crippen LogP contribution in [0.4, 0.5) is 5.69 Å². The number of nitrogens with zero attached hydrogens (tertiary/aromatic N) is 1. The van der Waals surface area contributed by atoms with E-state index in [2.05, 4.69) is 69.5 Å². The quantitative estimate of drug-likeness (QED) is 0.436. The molecule has 4 heteroatoms. The molecule has 0 N–H and O–H groups in total. The van der Waals surface area contributed by atoms with Gasteiger partial charge in [-0.3, -0.25) is 4.99 Å². The van der Waals surface area contributed by atoms with Crippen molar-refractivity contribution in [1.29, 1.82) is 0 Å². The van der Waals surface area contributed by atoms with Gasteiger partial charge in [0.1, 0.15) is 5.76 Å². The van der Waals surface area contributed by atoms with Crippen LogP contribution in [0.25, 0.3) is 0 Å². The van der Waals surface area contributed by atoms with Gasteiger partial charge in [0.2, 0.25) is 0 Å². The minimum absolute atomic E-state index is 0.598. The summed E-state index contributed by atoms with van der Waals surface area (Å²) in [6.07, 6.45) is 2.90. The Morgan fingerprint density at radius 2 is 2.05 bits per heavy atom. The lowest BCUT2D eigenvalue weighted by Gasteiger charge is -2.08. The van der Waals surface area contributed by atoms with E-state index in [0.29, 0.717) is 5.92 Å². The molecule has 0 spiro atoms. The lowest BCUT2D eigenvalue weighted by molar-refractivity contribution is 0.530. The van der Waals surface area contributed by atoms with E-state index >= 15 is 0 Å². The van der Waals surface area contributed by atoms with Crippen molar-refractivity contribution in [2.75, 3.05) is 0 Å². The van der Waals surface area contributed by atoms with Crippen LogP contribution in [-0.2, 0) is 0 Å². The molecule has 0 saturated heterocycles. The van der Waals surface area contributed by atoms with Crippen LogP contribution in [0.2, 0.25) is 0 Å². The molecule has 100 valence electrons. The molecular formula is C15H15BrINO. The fourth-order valence-corrected chi connectivity index (χ4v) is 2.41. The zero-order valence-corrected chi connectivity index (χ0v) is 14.6. The van der Waals surface area contributed by atoms with Crippen LogP contribution in [0.5, 0.6) is 0 Å². The molecule has 0 radical (unpaired) electrons. The third-order valence-electron chi connectivity index (χ3n) is 3.08. The first-order chi connectivity index (χ1) is 9.10. The predicted octanol–water partition coefficient (Wildman–Crippen LogP) is 5.91. The Balaban J connectivity index is 2.11. The summed E-state index contributed by atoms with van der Waals surface area (Å²) in [6, 6.07) is 10.3. The fraction of sp³-hybridized carbons (Fsp3) is 0.267. The highest BCUT2D eigenvalue weighted by molar-refractivity contribution is 14.1. The molecule has 0 aliphatic carbocycles. The van der Waals surface area contributed by atoms with E-state index in [4.69, 9.17) is 4.42 Å². The maximum Gasteiger partial charge on any atom is 0.178 e. The molecule has 0 amide bonds. The van der Waals surface area contributed by atoms with Gasteiger partial charge < -0.3 is 4.42 Å². The summed E-state index contributed by atoms with van der Waals surface area (Å²) in [6.45, 7) is 4.44. The number of hydrogen-bond acceptors (Lipinski definition) is 2. The minimum Gasteiger partial charge on any atom is -0.448 e. The smallest absolute Gasteiger partial charge is 0.178 e. The number of benzene rings is 1. The molecule has 1 heterocycles. The summed E-state index contributed by atoms with van der Waals surface area (Å²) in [7, 11) is 0. The Kier molecular flexibility index (Phi) is 5.21. The van der Waals surface area contributed by atoms with Crippen molar-refractivity contribution in [2.24, 2.45) is 4.99 Å². The molecule has 1 atom stereocenters. The van der Waals surface area contributed by atoms with Crippen LogP contribution >= 0.6 is 38.5 Å². The van der Waals surface area contributed by atoms with E-state index in [-0.39, 0.29) is 0 Å². The van der Waals surface area contributed by atoms with Gasteiger partial charge in [-0.05, 0) is 46.0 Å². The Morgan fingerprint density at radius 1 is 1.37 bits per heavy atom. The van der Waals surface area contributed by atoms with Gasteiger partial charge >= 0.3 is 0 Å². The zero-order chi connectivity index (χ0) is 13.8. The Morgan fingerprint density at radius 3 is 2.58 bits per heavy atom. The van der Waals surface area contributed by atoms with Crippen LogP contribution < -0.4 is 0 Å². The lowest BCUT2D eigenvalue weighted by Crippen LogP contribution is -1.89. The van der Waals surface area contributed by atoms with Crippen molar-refractivity contribution in [3.05, 3.63) is 49.9 Å². The van der Waals surface area contributed by atoms with Crippen LogP contribution in [0.15, 0.2) is 44.2 Å². The molecular weight excluding hydrogens is 417 g/mol. The number of hydrogen-bond donors (Lipinski definition) is 0. The van der Waals surface area contributed by atoms with Crippen LogP contribution in [0, 0.1) is 3.77 Å². The SMILES string of the molecule is CC[C@H](C)c1ccc(N=Cc2cc(Br)c(I)o2)cc1. The summed E-state index contributed by atoms with van der Waals surface area (Å²) in [4.78, 5) is 4.41. The Labute approximate surface area is 135 Å². The molecule has 1 aromatic heterocycles. The first-order valence-corrected chi connectivity index (χ1v) is 8.06. The van der Waals surface area contributed by atoms with Crippen molar-refractivity contribution in [3.63, 3.8) is 0 Å². The standard InChI is InChI=1S/C15H15BrINO/c1-3-10(2)11-4-6-12(7-5-11)18-9-13-8-14(16)15(17)19-13/h4-10H,3H2,1-2H3/t10-/m0/s1. The van der Waals surface area contributed by atoms with Crippen molar-refractivity contribution in [3.8, 4) is 0 Å². The normalized spacial score (nSPS) is 13.1. The van der Waals surface area contributed by atoms with Crippen LogP contribution in [0.3, 0.4) is 0 Å². The van der Waals surface area contributed by atoms with Crippen molar-refractivity contribution in [1.82, 2.24) is 0 Å². The molecule has 1 aromatic carbocycles. The molecule has 0 aliphatic heterocycles. The largest absolute Gasteiger partial charge is 0.448 e. The van der Waals surface area contributed by atoms with Gasteiger partial charge in [0.25, 0.3) is 0 Å². The van der Waals surface area contributed by atoms with E-state index in [1.807, 2.05) is 18.2 Å². The fourth-order valence-electron chi connectivity index (χ4n) is 1.69. The minimum atomic E-state index is 0.598. The van der Waals surface area contributed by atoms with E-state index in [0.717, 1.165) is 26.1 Å². The average molecular weight is 432 g/mol. The first kappa shape index (κ1) is 14.8. The summed E-state index contributed by atoms with van der Waals surface area (Å²) < 4.78 is 7.30. The molecule has 0 fully saturated rings. The third kappa shape index (κ3) is 3.92. The van der Waals surface area contributed by atoms with Crippen molar-refractivity contribution in [2.45, 2.75) is 26.2 Å². The van der Waals surface area contributed by atoms with Crippen LogP contribution in [-0.4, -0.2) is 6.21 Å². The second kappa shape index (κ2) is 6.70. The molecule has 0 unspecified atom stereocenters. The summed E-state index contributed by atoms with van der Waals surface area (Å²) >= 11 is 5.55. The summed E-state index contributed by atoms with van der Waals surface area (Å²) in [5.74, 6) is 1.35. The van der Waals surface area contributed by atoms with Gasteiger partial charge in [-0.2, -0.15) is 0 Å². The predicted molar refractivity (Wildman–Crippen MR) is 91.5 cm³/mol.